The van der Waals surface area contributed by atoms with Crippen molar-refractivity contribution >= 4 is 0 Å². The van der Waals surface area contributed by atoms with Crippen molar-refractivity contribution in [3.63, 3.8) is 0 Å². The van der Waals surface area contributed by atoms with Crippen molar-refractivity contribution in [3.05, 3.63) is 53.9 Å². The molecule has 0 radical (unpaired) electrons. The molecule has 0 saturated carbocycles. The monoisotopic (exact) mass is 219 g/mol. The summed E-state index contributed by atoms with van der Waals surface area (Å²) in [6.07, 6.45) is 3.60. The van der Waals surface area contributed by atoms with Crippen LogP contribution in [0.25, 0.3) is 0 Å². The second-order valence-corrected chi connectivity index (χ2v) is 3.79. The lowest BCUT2D eigenvalue weighted by atomic mass is 10.1. The third-order valence-corrected chi connectivity index (χ3v) is 2.59. The fraction of sp³-hybridized carbons (Fsp3) is 0.250. The van der Waals surface area contributed by atoms with E-state index in [9.17, 15) is 4.39 Å². The van der Waals surface area contributed by atoms with Gasteiger partial charge in [-0.2, -0.15) is 0 Å². The van der Waals surface area contributed by atoms with Crippen LogP contribution in [-0.4, -0.2) is 9.55 Å². The molecule has 0 aliphatic rings. The molecule has 3 nitrogen and oxygen atoms in total. The van der Waals surface area contributed by atoms with Crippen molar-refractivity contribution in [2.45, 2.75) is 19.5 Å². The average Bonchev–Trinajstić information content (AvgIpc) is 2.64. The number of hydrogen-bond donors (Lipinski definition) is 1. The number of aromatic nitrogens is 2. The summed E-state index contributed by atoms with van der Waals surface area (Å²) in [6.45, 7) is 2.52. The van der Waals surface area contributed by atoms with Crippen LogP contribution in [0.4, 0.5) is 4.39 Å². The summed E-state index contributed by atoms with van der Waals surface area (Å²) in [6, 6.07) is 6.17. The Hall–Kier alpha value is -1.68. The summed E-state index contributed by atoms with van der Waals surface area (Å²) in [5, 5.41) is 0. The SMILES string of the molecule is Cc1nccn1CC(N)c1cccc(F)c1. The molecule has 1 heterocycles. The van der Waals surface area contributed by atoms with Gasteiger partial charge in [0.15, 0.2) is 0 Å². The van der Waals surface area contributed by atoms with Crippen LogP contribution in [0.3, 0.4) is 0 Å². The molecule has 2 aromatic rings. The maximum atomic E-state index is 13.0. The number of hydrogen-bond acceptors (Lipinski definition) is 2. The Morgan fingerprint density at radius 2 is 2.31 bits per heavy atom. The Bertz CT molecular complexity index is 479. The Morgan fingerprint density at radius 3 is 2.94 bits per heavy atom. The van der Waals surface area contributed by atoms with Crippen molar-refractivity contribution in [1.82, 2.24) is 9.55 Å². The van der Waals surface area contributed by atoms with Crippen LogP contribution in [0.1, 0.15) is 17.4 Å². The Kier molecular flexibility index (Phi) is 3.01. The molecular weight excluding hydrogens is 205 g/mol. The summed E-state index contributed by atoms with van der Waals surface area (Å²) in [7, 11) is 0. The van der Waals surface area contributed by atoms with Crippen LogP contribution < -0.4 is 5.73 Å². The Balaban J connectivity index is 2.14. The van der Waals surface area contributed by atoms with Crippen LogP contribution in [0.5, 0.6) is 0 Å². The fourth-order valence-electron chi connectivity index (χ4n) is 1.65. The minimum absolute atomic E-state index is 0.219. The van der Waals surface area contributed by atoms with Gasteiger partial charge in [-0.25, -0.2) is 9.37 Å². The van der Waals surface area contributed by atoms with E-state index in [4.69, 9.17) is 5.73 Å². The standard InChI is InChI=1S/C12H14FN3/c1-9-15-5-6-16(9)8-12(14)10-3-2-4-11(13)7-10/h2-7,12H,8,14H2,1H3. The van der Waals surface area contributed by atoms with Gasteiger partial charge in [0.25, 0.3) is 0 Å². The molecule has 0 bridgehead atoms. The quantitative estimate of drug-likeness (QED) is 0.858. The molecule has 1 aromatic carbocycles. The average molecular weight is 219 g/mol. The third kappa shape index (κ3) is 2.28. The smallest absolute Gasteiger partial charge is 0.123 e. The van der Waals surface area contributed by atoms with E-state index in [-0.39, 0.29) is 11.9 Å². The molecule has 1 aromatic heterocycles. The molecule has 4 heteroatoms. The normalized spacial score (nSPS) is 12.7. The first-order chi connectivity index (χ1) is 7.66. The van der Waals surface area contributed by atoms with Gasteiger partial charge in [0.2, 0.25) is 0 Å². The highest BCUT2D eigenvalue weighted by atomic mass is 19.1. The van der Waals surface area contributed by atoms with E-state index in [1.54, 1.807) is 12.3 Å². The van der Waals surface area contributed by atoms with Gasteiger partial charge in [0.05, 0.1) is 0 Å². The maximum Gasteiger partial charge on any atom is 0.123 e. The molecule has 16 heavy (non-hydrogen) atoms. The van der Waals surface area contributed by atoms with Crippen LogP contribution in [-0.2, 0) is 6.54 Å². The predicted molar refractivity (Wildman–Crippen MR) is 60.3 cm³/mol. The van der Waals surface area contributed by atoms with Crippen LogP contribution in [0, 0.1) is 12.7 Å². The number of aryl methyl sites for hydroxylation is 1. The van der Waals surface area contributed by atoms with Gasteiger partial charge < -0.3 is 10.3 Å². The third-order valence-electron chi connectivity index (χ3n) is 2.59. The second-order valence-electron chi connectivity index (χ2n) is 3.79. The molecule has 0 amide bonds. The molecule has 0 spiro atoms. The first-order valence-electron chi connectivity index (χ1n) is 5.15. The number of nitrogens with two attached hydrogens (primary N) is 1. The lowest BCUT2D eigenvalue weighted by molar-refractivity contribution is 0.557. The van der Waals surface area contributed by atoms with Gasteiger partial charge in [0.1, 0.15) is 11.6 Å². The van der Waals surface area contributed by atoms with Crippen LogP contribution in [0.2, 0.25) is 0 Å². The molecule has 1 atom stereocenters. The molecule has 2 N–H and O–H groups in total. The molecule has 2 rings (SSSR count). The van der Waals surface area contributed by atoms with Gasteiger partial charge in [-0.15, -0.1) is 0 Å². The molecular formula is C12H14FN3. The van der Waals surface area contributed by atoms with E-state index >= 15 is 0 Å². The lowest BCUT2D eigenvalue weighted by Crippen LogP contribution is -2.18. The summed E-state index contributed by atoms with van der Waals surface area (Å²) in [4.78, 5) is 4.11. The zero-order chi connectivity index (χ0) is 11.5. The number of nitrogens with zero attached hydrogens (tertiary/aromatic N) is 2. The molecule has 0 fully saturated rings. The van der Waals surface area contributed by atoms with Crippen molar-refractivity contribution in [1.29, 1.82) is 0 Å². The molecule has 0 saturated heterocycles. The topological polar surface area (TPSA) is 43.8 Å². The number of benzene rings is 1. The highest BCUT2D eigenvalue weighted by molar-refractivity contribution is 5.19. The van der Waals surface area contributed by atoms with E-state index in [0.717, 1.165) is 11.4 Å². The van der Waals surface area contributed by atoms with E-state index in [2.05, 4.69) is 4.98 Å². The minimum Gasteiger partial charge on any atom is -0.333 e. The second kappa shape index (κ2) is 4.45. The van der Waals surface area contributed by atoms with Gasteiger partial charge >= 0.3 is 0 Å². The van der Waals surface area contributed by atoms with Crippen molar-refractivity contribution < 1.29 is 4.39 Å². The fourth-order valence-corrected chi connectivity index (χ4v) is 1.65. The van der Waals surface area contributed by atoms with Crippen molar-refractivity contribution in [3.8, 4) is 0 Å². The van der Waals surface area contributed by atoms with E-state index in [1.807, 2.05) is 23.8 Å². The Morgan fingerprint density at radius 1 is 1.50 bits per heavy atom. The van der Waals surface area contributed by atoms with Crippen molar-refractivity contribution in [2.24, 2.45) is 5.73 Å². The van der Waals surface area contributed by atoms with E-state index in [1.165, 1.54) is 12.1 Å². The summed E-state index contributed by atoms with van der Waals surface area (Å²) < 4.78 is 15.0. The molecule has 0 aliphatic carbocycles. The molecule has 1 unspecified atom stereocenters. The number of imidazole rings is 1. The molecule has 0 aliphatic heterocycles. The van der Waals surface area contributed by atoms with Gasteiger partial charge in [0, 0.05) is 25.0 Å². The zero-order valence-electron chi connectivity index (χ0n) is 9.10. The Labute approximate surface area is 93.7 Å². The predicted octanol–water partition coefficient (Wildman–Crippen LogP) is 2.03. The largest absolute Gasteiger partial charge is 0.333 e. The van der Waals surface area contributed by atoms with Crippen molar-refractivity contribution in [2.75, 3.05) is 0 Å². The lowest BCUT2D eigenvalue weighted by Gasteiger charge is -2.13. The number of halogens is 1. The van der Waals surface area contributed by atoms with E-state index in [0.29, 0.717) is 6.54 Å². The summed E-state index contributed by atoms with van der Waals surface area (Å²) >= 11 is 0. The van der Waals surface area contributed by atoms with Gasteiger partial charge in [-0.1, -0.05) is 12.1 Å². The van der Waals surface area contributed by atoms with Gasteiger partial charge in [-0.05, 0) is 24.6 Å². The minimum atomic E-state index is -0.254. The first kappa shape index (κ1) is 10.8. The summed E-state index contributed by atoms with van der Waals surface area (Å²) in [5.74, 6) is 0.655. The van der Waals surface area contributed by atoms with Crippen LogP contribution >= 0.6 is 0 Å². The number of rotatable bonds is 3. The van der Waals surface area contributed by atoms with Crippen LogP contribution in [0.15, 0.2) is 36.7 Å². The zero-order valence-corrected chi connectivity index (χ0v) is 9.10. The highest BCUT2D eigenvalue weighted by Crippen LogP contribution is 2.14. The van der Waals surface area contributed by atoms with Gasteiger partial charge in [-0.3, -0.25) is 0 Å². The highest BCUT2D eigenvalue weighted by Gasteiger charge is 2.08. The first-order valence-corrected chi connectivity index (χ1v) is 5.15. The molecule has 84 valence electrons. The summed E-state index contributed by atoms with van der Waals surface area (Å²) in [5.41, 5.74) is 6.81. The van der Waals surface area contributed by atoms with E-state index < -0.39 is 0 Å². The maximum absolute atomic E-state index is 13.0.